The van der Waals surface area contributed by atoms with E-state index in [9.17, 15) is 9.90 Å². The summed E-state index contributed by atoms with van der Waals surface area (Å²) in [7, 11) is 0. The predicted octanol–water partition coefficient (Wildman–Crippen LogP) is 2.74. The van der Waals surface area contributed by atoms with Crippen LogP contribution in [0.3, 0.4) is 0 Å². The fourth-order valence-corrected chi connectivity index (χ4v) is 2.07. The lowest BCUT2D eigenvalue weighted by atomic mass is 10.1. The molecule has 3 N–H and O–H groups in total. The second kappa shape index (κ2) is 7.46. The van der Waals surface area contributed by atoms with Gasteiger partial charge in [0.05, 0.1) is 6.10 Å². The molecular weight excluding hydrogens is 275 g/mol. The van der Waals surface area contributed by atoms with Gasteiger partial charge in [0.25, 0.3) is 0 Å². The number of aliphatic hydroxyl groups is 1. The van der Waals surface area contributed by atoms with Crippen molar-refractivity contribution in [2.24, 2.45) is 0 Å². The normalized spacial score (nSPS) is 12.0. The van der Waals surface area contributed by atoms with Crippen molar-refractivity contribution in [1.29, 1.82) is 0 Å². The van der Waals surface area contributed by atoms with E-state index in [-0.39, 0.29) is 12.6 Å². The monoisotopic (exact) mass is 290 g/mol. The van der Waals surface area contributed by atoms with Gasteiger partial charge in [-0.2, -0.15) is 0 Å². The maximum atomic E-state index is 11.3. The van der Waals surface area contributed by atoms with Gasteiger partial charge in [0, 0.05) is 28.7 Å². The number of nitrogens with one attached hydrogen (secondary N) is 2. The zero-order valence-corrected chi connectivity index (χ0v) is 11.6. The van der Waals surface area contributed by atoms with Gasteiger partial charge in [-0.3, -0.25) is 0 Å². The summed E-state index contributed by atoms with van der Waals surface area (Å²) in [6, 6.07) is 4.66. The first-order chi connectivity index (χ1) is 8.56. The Morgan fingerprint density at radius 2 is 1.94 bits per heavy atom. The SMILES string of the molecule is CCCNC(=O)NCC(O)c1c(Cl)cccc1Cl. The minimum atomic E-state index is -0.932. The first kappa shape index (κ1) is 15.1. The van der Waals surface area contributed by atoms with Crippen molar-refractivity contribution in [3.8, 4) is 0 Å². The van der Waals surface area contributed by atoms with Gasteiger partial charge in [0.2, 0.25) is 0 Å². The molecule has 4 nitrogen and oxygen atoms in total. The zero-order chi connectivity index (χ0) is 13.5. The summed E-state index contributed by atoms with van der Waals surface area (Å²) in [4.78, 5) is 11.3. The van der Waals surface area contributed by atoms with Crippen molar-refractivity contribution in [2.75, 3.05) is 13.1 Å². The number of carbonyl (C=O) groups excluding carboxylic acids is 1. The number of halogens is 2. The highest BCUT2D eigenvalue weighted by Crippen LogP contribution is 2.29. The molecule has 0 aliphatic heterocycles. The summed E-state index contributed by atoms with van der Waals surface area (Å²) in [6.07, 6.45) is -0.0784. The van der Waals surface area contributed by atoms with E-state index in [0.29, 0.717) is 22.2 Å². The van der Waals surface area contributed by atoms with E-state index in [1.165, 1.54) is 0 Å². The molecule has 0 heterocycles. The molecule has 0 aliphatic rings. The van der Waals surface area contributed by atoms with Gasteiger partial charge < -0.3 is 15.7 Å². The maximum absolute atomic E-state index is 11.3. The Balaban J connectivity index is 2.55. The summed E-state index contributed by atoms with van der Waals surface area (Å²) in [5, 5.41) is 15.9. The molecule has 100 valence electrons. The molecule has 1 aromatic carbocycles. The van der Waals surface area contributed by atoms with Crippen LogP contribution in [0.25, 0.3) is 0 Å². The van der Waals surface area contributed by atoms with Gasteiger partial charge in [-0.25, -0.2) is 4.79 Å². The number of rotatable bonds is 5. The summed E-state index contributed by atoms with van der Waals surface area (Å²) in [6.45, 7) is 2.60. The molecule has 1 rings (SSSR count). The molecule has 2 amide bonds. The third-order valence-corrected chi connectivity index (χ3v) is 2.98. The van der Waals surface area contributed by atoms with Crippen LogP contribution in [0.2, 0.25) is 10.0 Å². The molecule has 0 radical (unpaired) electrons. The number of benzene rings is 1. The van der Waals surface area contributed by atoms with Crippen LogP contribution >= 0.6 is 23.2 Å². The molecular formula is C12H16Cl2N2O2. The average Bonchev–Trinajstić information content (AvgIpc) is 2.33. The zero-order valence-electron chi connectivity index (χ0n) is 10.0. The van der Waals surface area contributed by atoms with Gasteiger partial charge in [-0.05, 0) is 18.6 Å². The van der Waals surface area contributed by atoms with E-state index in [1.807, 2.05) is 6.92 Å². The minimum absolute atomic E-state index is 0.0546. The smallest absolute Gasteiger partial charge is 0.314 e. The van der Waals surface area contributed by atoms with Crippen LogP contribution in [0, 0.1) is 0 Å². The van der Waals surface area contributed by atoms with Crippen LogP contribution in [-0.4, -0.2) is 24.2 Å². The Morgan fingerprint density at radius 1 is 1.33 bits per heavy atom. The molecule has 0 saturated carbocycles. The lowest BCUT2D eigenvalue weighted by molar-refractivity contribution is 0.173. The molecule has 1 unspecified atom stereocenters. The molecule has 6 heteroatoms. The van der Waals surface area contributed by atoms with Crippen LogP contribution in [-0.2, 0) is 0 Å². The predicted molar refractivity (Wildman–Crippen MR) is 73.1 cm³/mol. The van der Waals surface area contributed by atoms with Crippen molar-refractivity contribution >= 4 is 29.2 Å². The van der Waals surface area contributed by atoms with Crippen molar-refractivity contribution in [1.82, 2.24) is 10.6 Å². The number of hydrogen-bond donors (Lipinski definition) is 3. The van der Waals surface area contributed by atoms with Crippen LogP contribution in [0.15, 0.2) is 18.2 Å². The van der Waals surface area contributed by atoms with E-state index in [2.05, 4.69) is 10.6 Å². The highest BCUT2D eigenvalue weighted by atomic mass is 35.5. The Hall–Kier alpha value is -0.970. The fourth-order valence-electron chi connectivity index (χ4n) is 1.42. The van der Waals surface area contributed by atoms with Crippen molar-refractivity contribution in [3.63, 3.8) is 0 Å². The molecule has 0 saturated heterocycles. The minimum Gasteiger partial charge on any atom is -0.386 e. The topological polar surface area (TPSA) is 61.4 Å². The molecule has 18 heavy (non-hydrogen) atoms. The van der Waals surface area contributed by atoms with Gasteiger partial charge in [-0.15, -0.1) is 0 Å². The molecule has 0 aliphatic carbocycles. The van der Waals surface area contributed by atoms with E-state index in [1.54, 1.807) is 18.2 Å². The van der Waals surface area contributed by atoms with E-state index in [4.69, 9.17) is 23.2 Å². The van der Waals surface area contributed by atoms with Crippen LogP contribution in [0.5, 0.6) is 0 Å². The lowest BCUT2D eigenvalue weighted by Gasteiger charge is -2.15. The van der Waals surface area contributed by atoms with Crippen molar-refractivity contribution < 1.29 is 9.90 Å². The number of hydrogen-bond acceptors (Lipinski definition) is 2. The average molecular weight is 291 g/mol. The van der Waals surface area contributed by atoms with Crippen molar-refractivity contribution in [2.45, 2.75) is 19.4 Å². The first-order valence-electron chi connectivity index (χ1n) is 5.70. The number of carbonyl (C=O) groups is 1. The van der Waals surface area contributed by atoms with Crippen molar-refractivity contribution in [3.05, 3.63) is 33.8 Å². The Morgan fingerprint density at radius 3 is 2.50 bits per heavy atom. The first-order valence-corrected chi connectivity index (χ1v) is 6.45. The van der Waals surface area contributed by atoms with Gasteiger partial charge >= 0.3 is 6.03 Å². The lowest BCUT2D eigenvalue weighted by Crippen LogP contribution is -2.38. The number of aliphatic hydroxyl groups excluding tert-OH is 1. The highest BCUT2D eigenvalue weighted by Gasteiger charge is 2.15. The largest absolute Gasteiger partial charge is 0.386 e. The maximum Gasteiger partial charge on any atom is 0.314 e. The molecule has 1 atom stereocenters. The summed E-state index contributed by atoms with van der Waals surface area (Å²) < 4.78 is 0. The third kappa shape index (κ3) is 4.37. The fraction of sp³-hybridized carbons (Fsp3) is 0.417. The molecule has 0 aromatic heterocycles. The van der Waals surface area contributed by atoms with Crippen LogP contribution in [0.1, 0.15) is 25.0 Å². The molecule has 1 aromatic rings. The van der Waals surface area contributed by atoms with Gasteiger partial charge in [0.15, 0.2) is 0 Å². The van der Waals surface area contributed by atoms with E-state index < -0.39 is 6.10 Å². The number of amides is 2. The second-order valence-electron chi connectivity index (χ2n) is 3.79. The molecule has 0 bridgehead atoms. The third-order valence-electron chi connectivity index (χ3n) is 2.32. The number of urea groups is 1. The van der Waals surface area contributed by atoms with Crippen LogP contribution in [0.4, 0.5) is 4.79 Å². The van der Waals surface area contributed by atoms with Gasteiger partial charge in [-0.1, -0.05) is 36.2 Å². The van der Waals surface area contributed by atoms with E-state index >= 15 is 0 Å². The second-order valence-corrected chi connectivity index (χ2v) is 4.60. The van der Waals surface area contributed by atoms with Crippen LogP contribution < -0.4 is 10.6 Å². The Labute approximate surface area is 116 Å². The van der Waals surface area contributed by atoms with E-state index in [0.717, 1.165) is 6.42 Å². The highest BCUT2D eigenvalue weighted by molar-refractivity contribution is 6.36. The Bertz CT molecular complexity index is 393. The standard InChI is InChI=1S/C12H16Cl2N2O2/c1-2-6-15-12(18)16-7-10(17)11-8(13)4-3-5-9(11)14/h3-5,10,17H,2,6-7H2,1H3,(H2,15,16,18). The quantitative estimate of drug-likeness (QED) is 0.781. The van der Waals surface area contributed by atoms with Gasteiger partial charge in [0.1, 0.15) is 0 Å². The Kier molecular flexibility index (Phi) is 6.25. The summed E-state index contributed by atoms with van der Waals surface area (Å²) >= 11 is 11.9. The summed E-state index contributed by atoms with van der Waals surface area (Å²) in [5.74, 6) is 0. The summed E-state index contributed by atoms with van der Waals surface area (Å²) in [5.41, 5.74) is 0.427. The molecule has 0 fully saturated rings. The molecule has 0 spiro atoms.